The van der Waals surface area contributed by atoms with Gasteiger partial charge in [0.1, 0.15) is 0 Å². The van der Waals surface area contributed by atoms with E-state index >= 15 is 0 Å². The van der Waals surface area contributed by atoms with Crippen molar-refractivity contribution in [2.45, 2.75) is 20.3 Å². The average Bonchev–Trinajstić information content (AvgIpc) is 1.87. The molecule has 0 aliphatic rings. The molecule has 4 nitrogen and oxygen atoms in total. The molecule has 0 aromatic heterocycles. The number of carbonyl (C=O) groups excluding carboxylic acids is 1. The van der Waals surface area contributed by atoms with Crippen molar-refractivity contribution < 1.29 is 4.79 Å². The van der Waals surface area contributed by atoms with Gasteiger partial charge in [0.05, 0.1) is 6.54 Å². The molecule has 0 saturated carbocycles. The number of nitrogens with one attached hydrogen (secondary N) is 2. The Labute approximate surface area is 67.5 Å². The zero-order valence-corrected chi connectivity index (χ0v) is 7.18. The van der Waals surface area contributed by atoms with E-state index in [0.29, 0.717) is 5.92 Å². The summed E-state index contributed by atoms with van der Waals surface area (Å²) in [5, 5.41) is 2.73. The first-order chi connectivity index (χ1) is 5.16. The topological polar surface area (TPSA) is 67.2 Å². The molecule has 0 spiro atoms. The van der Waals surface area contributed by atoms with Gasteiger partial charge in [-0.15, -0.1) is 0 Å². The molecule has 4 heteroatoms. The normalized spacial score (nSPS) is 10.2. The van der Waals surface area contributed by atoms with Gasteiger partial charge in [-0.1, -0.05) is 13.8 Å². The van der Waals surface area contributed by atoms with Crippen LogP contribution in [0.25, 0.3) is 0 Å². The number of rotatable bonds is 5. The quantitative estimate of drug-likeness (QED) is 0.378. The second-order valence-corrected chi connectivity index (χ2v) is 2.91. The summed E-state index contributed by atoms with van der Waals surface area (Å²) in [7, 11) is 0. The zero-order chi connectivity index (χ0) is 8.69. The summed E-state index contributed by atoms with van der Waals surface area (Å²) < 4.78 is 0. The van der Waals surface area contributed by atoms with E-state index in [9.17, 15) is 4.79 Å². The molecular weight excluding hydrogens is 142 g/mol. The lowest BCUT2D eigenvalue weighted by Gasteiger charge is -2.05. The minimum atomic E-state index is -0.0480. The Morgan fingerprint density at radius 3 is 2.64 bits per heavy atom. The summed E-state index contributed by atoms with van der Waals surface area (Å²) in [6, 6.07) is 0. The fraction of sp³-hybridized carbons (Fsp3) is 0.857. The first-order valence-electron chi connectivity index (χ1n) is 3.87. The molecular formula is C7H17N3O. The molecule has 0 fully saturated rings. The molecule has 0 bridgehead atoms. The molecule has 0 unspecified atom stereocenters. The van der Waals surface area contributed by atoms with Crippen molar-refractivity contribution in [3.05, 3.63) is 0 Å². The van der Waals surface area contributed by atoms with Gasteiger partial charge in [-0.05, 0) is 12.3 Å². The van der Waals surface area contributed by atoms with Crippen LogP contribution in [0.1, 0.15) is 20.3 Å². The van der Waals surface area contributed by atoms with Crippen LogP contribution in [0.5, 0.6) is 0 Å². The summed E-state index contributed by atoms with van der Waals surface area (Å²) in [5.74, 6) is 5.53. The highest BCUT2D eigenvalue weighted by Gasteiger charge is 1.98. The van der Waals surface area contributed by atoms with Crippen LogP contribution in [-0.2, 0) is 4.79 Å². The Kier molecular flexibility index (Phi) is 5.78. The molecule has 66 valence electrons. The molecule has 0 aromatic rings. The van der Waals surface area contributed by atoms with Gasteiger partial charge in [0.15, 0.2) is 0 Å². The van der Waals surface area contributed by atoms with E-state index in [1.165, 1.54) is 0 Å². The number of nitrogens with two attached hydrogens (primary N) is 1. The van der Waals surface area contributed by atoms with Gasteiger partial charge in [-0.25, -0.2) is 0 Å². The summed E-state index contributed by atoms with van der Waals surface area (Å²) in [5.41, 5.74) is 2.29. The highest BCUT2D eigenvalue weighted by Crippen LogP contribution is 1.95. The minimum Gasteiger partial charge on any atom is -0.355 e. The maximum atomic E-state index is 10.8. The predicted octanol–water partition coefficient (Wildman–Crippen LogP) is -0.388. The minimum absolute atomic E-state index is 0.0480. The maximum absolute atomic E-state index is 10.8. The molecule has 0 aromatic carbocycles. The molecule has 0 aliphatic heterocycles. The smallest absolute Gasteiger partial charge is 0.235 e. The summed E-state index contributed by atoms with van der Waals surface area (Å²) in [6.07, 6.45) is 1.01. The van der Waals surface area contributed by atoms with Crippen LogP contribution in [0.2, 0.25) is 0 Å². The fourth-order valence-corrected chi connectivity index (χ4v) is 0.655. The van der Waals surface area contributed by atoms with Crippen molar-refractivity contribution in [3.63, 3.8) is 0 Å². The Balaban J connectivity index is 3.17. The number of amides is 1. The zero-order valence-electron chi connectivity index (χ0n) is 7.18. The van der Waals surface area contributed by atoms with Crippen molar-refractivity contribution >= 4 is 5.91 Å². The van der Waals surface area contributed by atoms with E-state index in [0.717, 1.165) is 13.0 Å². The molecule has 0 heterocycles. The van der Waals surface area contributed by atoms with Crippen LogP contribution in [0, 0.1) is 5.92 Å². The van der Waals surface area contributed by atoms with Gasteiger partial charge in [0.25, 0.3) is 0 Å². The summed E-state index contributed by atoms with van der Waals surface area (Å²) in [6.45, 7) is 5.16. The van der Waals surface area contributed by atoms with Crippen molar-refractivity contribution in [1.29, 1.82) is 0 Å². The average molecular weight is 159 g/mol. The van der Waals surface area contributed by atoms with Crippen molar-refractivity contribution in [2.24, 2.45) is 11.8 Å². The first-order valence-corrected chi connectivity index (χ1v) is 3.87. The highest BCUT2D eigenvalue weighted by atomic mass is 16.1. The molecule has 0 aliphatic carbocycles. The van der Waals surface area contributed by atoms with Gasteiger partial charge in [-0.2, -0.15) is 0 Å². The fourth-order valence-electron chi connectivity index (χ4n) is 0.655. The number of hydrogen-bond acceptors (Lipinski definition) is 3. The molecule has 0 saturated heterocycles. The first kappa shape index (κ1) is 10.4. The van der Waals surface area contributed by atoms with Crippen LogP contribution < -0.4 is 16.6 Å². The largest absolute Gasteiger partial charge is 0.355 e. The number of carbonyl (C=O) groups is 1. The van der Waals surface area contributed by atoms with E-state index in [-0.39, 0.29) is 12.5 Å². The second-order valence-electron chi connectivity index (χ2n) is 2.91. The Morgan fingerprint density at radius 1 is 1.55 bits per heavy atom. The Bertz CT molecular complexity index is 114. The van der Waals surface area contributed by atoms with Crippen molar-refractivity contribution in [1.82, 2.24) is 10.7 Å². The van der Waals surface area contributed by atoms with E-state index < -0.39 is 0 Å². The van der Waals surface area contributed by atoms with E-state index in [1.54, 1.807) is 0 Å². The Hall–Kier alpha value is -0.610. The van der Waals surface area contributed by atoms with Crippen LogP contribution in [0.15, 0.2) is 0 Å². The standard InChI is InChI=1S/C7H17N3O/c1-6(2)3-4-9-7(11)5-10-8/h6,10H,3-5,8H2,1-2H3,(H,9,11). The third-order valence-electron chi connectivity index (χ3n) is 1.31. The van der Waals surface area contributed by atoms with Gasteiger partial charge in [0, 0.05) is 6.54 Å². The van der Waals surface area contributed by atoms with E-state index in [4.69, 9.17) is 5.84 Å². The molecule has 1 amide bonds. The van der Waals surface area contributed by atoms with Crippen molar-refractivity contribution in [2.75, 3.05) is 13.1 Å². The Morgan fingerprint density at radius 2 is 2.18 bits per heavy atom. The summed E-state index contributed by atoms with van der Waals surface area (Å²) in [4.78, 5) is 10.8. The van der Waals surface area contributed by atoms with Crippen LogP contribution in [-0.4, -0.2) is 19.0 Å². The lowest BCUT2D eigenvalue weighted by Crippen LogP contribution is -2.37. The van der Waals surface area contributed by atoms with Gasteiger partial charge >= 0.3 is 0 Å². The SMILES string of the molecule is CC(C)CCNC(=O)CNN. The van der Waals surface area contributed by atoms with Gasteiger partial charge in [-0.3, -0.25) is 16.1 Å². The monoisotopic (exact) mass is 159 g/mol. The van der Waals surface area contributed by atoms with Crippen LogP contribution in [0.4, 0.5) is 0 Å². The van der Waals surface area contributed by atoms with Crippen LogP contribution >= 0.6 is 0 Å². The van der Waals surface area contributed by atoms with E-state index in [1.807, 2.05) is 0 Å². The lowest BCUT2D eigenvalue weighted by molar-refractivity contribution is -0.120. The third-order valence-corrected chi connectivity index (χ3v) is 1.31. The number of hydrogen-bond donors (Lipinski definition) is 3. The van der Waals surface area contributed by atoms with Crippen LogP contribution in [0.3, 0.4) is 0 Å². The van der Waals surface area contributed by atoms with E-state index in [2.05, 4.69) is 24.6 Å². The second kappa shape index (κ2) is 6.12. The molecule has 11 heavy (non-hydrogen) atoms. The number of hydrazine groups is 1. The molecule has 0 rings (SSSR count). The molecule has 4 N–H and O–H groups in total. The lowest BCUT2D eigenvalue weighted by atomic mass is 10.1. The van der Waals surface area contributed by atoms with Gasteiger partial charge in [0.2, 0.25) is 5.91 Å². The maximum Gasteiger partial charge on any atom is 0.235 e. The van der Waals surface area contributed by atoms with Crippen molar-refractivity contribution in [3.8, 4) is 0 Å². The molecule has 0 radical (unpaired) electrons. The summed E-state index contributed by atoms with van der Waals surface area (Å²) >= 11 is 0. The molecule has 0 atom stereocenters. The highest BCUT2D eigenvalue weighted by molar-refractivity contribution is 5.77. The third kappa shape index (κ3) is 7.29. The van der Waals surface area contributed by atoms with Gasteiger partial charge < -0.3 is 5.32 Å². The predicted molar refractivity (Wildman–Crippen MR) is 44.7 cm³/mol.